The van der Waals surface area contributed by atoms with Crippen LogP contribution in [0.4, 0.5) is 5.69 Å². The first kappa shape index (κ1) is 11.6. The van der Waals surface area contributed by atoms with Crippen molar-refractivity contribution in [1.29, 1.82) is 0 Å². The van der Waals surface area contributed by atoms with Crippen LogP contribution in [0.5, 0.6) is 0 Å². The number of nitrogens with one attached hydrogen (secondary N) is 1. The summed E-state index contributed by atoms with van der Waals surface area (Å²) in [6, 6.07) is 5.50. The molecule has 90 valence electrons. The van der Waals surface area contributed by atoms with E-state index in [4.69, 9.17) is 0 Å². The Balaban J connectivity index is 2.14. The van der Waals surface area contributed by atoms with Gasteiger partial charge in [0.25, 0.3) is 5.91 Å². The molecule has 2 rings (SSSR count). The first-order valence-electron chi connectivity index (χ1n) is 5.63. The Labute approximate surface area is 101 Å². The van der Waals surface area contributed by atoms with Crippen molar-refractivity contribution < 1.29 is 9.59 Å². The van der Waals surface area contributed by atoms with Gasteiger partial charge in [-0.25, -0.2) is 0 Å². The van der Waals surface area contributed by atoms with Gasteiger partial charge in [0.2, 0.25) is 5.91 Å². The molecule has 0 aromatic heterocycles. The molecule has 1 aromatic carbocycles. The van der Waals surface area contributed by atoms with E-state index >= 15 is 0 Å². The van der Waals surface area contributed by atoms with Gasteiger partial charge in [0.15, 0.2) is 0 Å². The van der Waals surface area contributed by atoms with Crippen molar-refractivity contribution >= 4 is 17.5 Å². The summed E-state index contributed by atoms with van der Waals surface area (Å²) in [5.41, 5.74) is 3.26. The fourth-order valence-corrected chi connectivity index (χ4v) is 1.90. The number of imide groups is 1. The Morgan fingerprint density at radius 1 is 1.24 bits per heavy atom. The van der Waals surface area contributed by atoms with Gasteiger partial charge in [-0.15, -0.1) is 0 Å². The van der Waals surface area contributed by atoms with E-state index in [1.165, 1.54) is 23.1 Å². The molecule has 17 heavy (non-hydrogen) atoms. The highest BCUT2D eigenvalue weighted by Crippen LogP contribution is 2.19. The maximum absolute atomic E-state index is 11.7. The number of carbonyl (C=O) groups is 2. The van der Waals surface area contributed by atoms with Gasteiger partial charge < -0.3 is 5.32 Å². The van der Waals surface area contributed by atoms with Gasteiger partial charge in [0.05, 0.1) is 6.42 Å². The molecule has 4 heteroatoms. The number of carbonyl (C=O) groups excluding carboxylic acids is 2. The van der Waals surface area contributed by atoms with Crippen LogP contribution in [0.3, 0.4) is 0 Å². The highest BCUT2D eigenvalue weighted by molar-refractivity contribution is 6.06. The summed E-state index contributed by atoms with van der Waals surface area (Å²) in [5.74, 6) is -0.287. The van der Waals surface area contributed by atoms with Crippen LogP contribution in [0.25, 0.3) is 0 Å². The second kappa shape index (κ2) is 4.20. The third kappa shape index (κ3) is 2.16. The summed E-state index contributed by atoms with van der Waals surface area (Å²) in [6.45, 7) is 4.06. The van der Waals surface area contributed by atoms with Crippen molar-refractivity contribution in [3.05, 3.63) is 29.3 Å². The van der Waals surface area contributed by atoms with Crippen LogP contribution in [-0.2, 0) is 9.59 Å². The molecule has 1 aromatic rings. The zero-order valence-corrected chi connectivity index (χ0v) is 10.3. The third-order valence-electron chi connectivity index (χ3n) is 3.23. The molecule has 2 amide bonds. The van der Waals surface area contributed by atoms with Crippen LogP contribution in [0.1, 0.15) is 17.5 Å². The highest BCUT2D eigenvalue weighted by Gasteiger charge is 2.35. The van der Waals surface area contributed by atoms with E-state index in [2.05, 4.69) is 5.32 Å². The lowest BCUT2D eigenvalue weighted by Crippen LogP contribution is -2.31. The van der Waals surface area contributed by atoms with Gasteiger partial charge in [0.1, 0.15) is 6.04 Å². The van der Waals surface area contributed by atoms with Gasteiger partial charge in [-0.3, -0.25) is 14.5 Å². The number of likely N-dealkylation sites (tertiary alicyclic amines) is 1. The Kier molecular flexibility index (Phi) is 2.88. The summed E-state index contributed by atoms with van der Waals surface area (Å²) in [6.07, 6.45) is 0.238. The Morgan fingerprint density at radius 3 is 2.47 bits per heavy atom. The average molecular weight is 232 g/mol. The maximum atomic E-state index is 11.7. The van der Waals surface area contributed by atoms with Crippen LogP contribution < -0.4 is 5.32 Å². The van der Waals surface area contributed by atoms with E-state index < -0.39 is 6.04 Å². The molecule has 1 unspecified atom stereocenters. The minimum Gasteiger partial charge on any atom is -0.373 e. The van der Waals surface area contributed by atoms with Crippen molar-refractivity contribution in [3.8, 4) is 0 Å². The minimum atomic E-state index is -0.422. The monoisotopic (exact) mass is 232 g/mol. The summed E-state index contributed by atoms with van der Waals surface area (Å²) < 4.78 is 0. The lowest BCUT2D eigenvalue weighted by atomic mass is 10.1. The summed E-state index contributed by atoms with van der Waals surface area (Å²) >= 11 is 0. The number of aryl methyl sites for hydroxylation is 2. The van der Waals surface area contributed by atoms with Crippen LogP contribution >= 0.6 is 0 Å². The molecule has 1 fully saturated rings. The minimum absolute atomic E-state index is 0.128. The normalized spacial score (nSPS) is 19.9. The number of nitrogens with zero attached hydrogens (tertiary/aromatic N) is 1. The molecule has 1 aliphatic rings. The SMILES string of the molecule is Cc1ccc(NC2CC(=O)N(C)C2=O)cc1C. The molecule has 1 heterocycles. The maximum Gasteiger partial charge on any atom is 0.251 e. The second-order valence-corrected chi connectivity index (χ2v) is 4.49. The topological polar surface area (TPSA) is 49.4 Å². The van der Waals surface area contributed by atoms with Gasteiger partial charge in [-0.1, -0.05) is 6.07 Å². The van der Waals surface area contributed by atoms with Crippen molar-refractivity contribution in [1.82, 2.24) is 4.90 Å². The van der Waals surface area contributed by atoms with E-state index in [1.807, 2.05) is 32.0 Å². The number of amides is 2. The summed E-state index contributed by atoms with van der Waals surface area (Å²) in [5, 5.41) is 3.11. The number of rotatable bonds is 2. The smallest absolute Gasteiger partial charge is 0.251 e. The largest absolute Gasteiger partial charge is 0.373 e. The van der Waals surface area contributed by atoms with Crippen LogP contribution in [0.15, 0.2) is 18.2 Å². The molecule has 0 aliphatic carbocycles. The van der Waals surface area contributed by atoms with Crippen LogP contribution in [0, 0.1) is 13.8 Å². The Morgan fingerprint density at radius 2 is 1.94 bits per heavy atom. The number of likely N-dealkylation sites (N-methyl/N-ethyl adjacent to an activating group) is 1. The van der Waals surface area contributed by atoms with Gasteiger partial charge in [-0.2, -0.15) is 0 Å². The lowest BCUT2D eigenvalue weighted by Gasteiger charge is -2.13. The zero-order valence-electron chi connectivity index (χ0n) is 10.3. The fraction of sp³-hybridized carbons (Fsp3) is 0.385. The average Bonchev–Trinajstić information content (AvgIpc) is 2.52. The van der Waals surface area contributed by atoms with Gasteiger partial charge in [0, 0.05) is 12.7 Å². The molecule has 1 atom stereocenters. The molecular formula is C13H16N2O2. The Bertz CT molecular complexity index is 482. The standard InChI is InChI=1S/C13H16N2O2/c1-8-4-5-10(6-9(8)2)14-11-7-12(16)15(3)13(11)17/h4-6,11,14H,7H2,1-3H3. The predicted octanol–water partition coefficient (Wildman–Crippen LogP) is 1.47. The first-order valence-corrected chi connectivity index (χ1v) is 5.63. The van der Waals surface area contributed by atoms with Gasteiger partial charge in [-0.05, 0) is 37.1 Å². The van der Waals surface area contributed by atoms with Crippen LogP contribution in [-0.4, -0.2) is 29.8 Å². The quantitative estimate of drug-likeness (QED) is 0.786. The number of hydrogen-bond acceptors (Lipinski definition) is 3. The van der Waals surface area contributed by atoms with E-state index in [0.29, 0.717) is 0 Å². The van der Waals surface area contributed by atoms with Crippen molar-refractivity contribution in [2.24, 2.45) is 0 Å². The molecule has 1 aliphatic heterocycles. The third-order valence-corrected chi connectivity index (χ3v) is 3.23. The van der Waals surface area contributed by atoms with Crippen molar-refractivity contribution in [2.45, 2.75) is 26.3 Å². The van der Waals surface area contributed by atoms with E-state index in [1.54, 1.807) is 0 Å². The molecule has 1 saturated heterocycles. The summed E-state index contributed by atoms with van der Waals surface area (Å²) in [7, 11) is 1.52. The molecule has 0 spiro atoms. The molecule has 1 N–H and O–H groups in total. The number of hydrogen-bond donors (Lipinski definition) is 1. The molecule has 0 radical (unpaired) electrons. The second-order valence-electron chi connectivity index (χ2n) is 4.49. The number of benzene rings is 1. The van der Waals surface area contributed by atoms with E-state index in [0.717, 1.165) is 5.69 Å². The molecule has 4 nitrogen and oxygen atoms in total. The zero-order chi connectivity index (χ0) is 12.6. The molecular weight excluding hydrogens is 216 g/mol. The van der Waals surface area contributed by atoms with Gasteiger partial charge >= 0.3 is 0 Å². The Hall–Kier alpha value is -1.84. The van der Waals surface area contributed by atoms with Crippen LogP contribution in [0.2, 0.25) is 0 Å². The van der Waals surface area contributed by atoms with E-state index in [9.17, 15) is 9.59 Å². The first-order chi connectivity index (χ1) is 7.99. The molecule has 0 saturated carbocycles. The van der Waals surface area contributed by atoms with Crippen molar-refractivity contribution in [3.63, 3.8) is 0 Å². The van der Waals surface area contributed by atoms with Crippen molar-refractivity contribution in [2.75, 3.05) is 12.4 Å². The highest BCUT2D eigenvalue weighted by atomic mass is 16.2. The summed E-state index contributed by atoms with van der Waals surface area (Å²) in [4.78, 5) is 24.3. The predicted molar refractivity (Wildman–Crippen MR) is 65.7 cm³/mol. The lowest BCUT2D eigenvalue weighted by molar-refractivity contribution is -0.136. The van der Waals surface area contributed by atoms with E-state index in [-0.39, 0.29) is 18.2 Å². The fourth-order valence-electron chi connectivity index (χ4n) is 1.90. The molecule has 0 bridgehead atoms. The number of anilines is 1.